The Kier molecular flexibility index (Phi) is 4.17. The van der Waals surface area contributed by atoms with Gasteiger partial charge in [0.2, 0.25) is 0 Å². The highest BCUT2D eigenvalue weighted by molar-refractivity contribution is 5.31. The van der Waals surface area contributed by atoms with Crippen molar-refractivity contribution in [2.24, 2.45) is 5.16 Å². The van der Waals surface area contributed by atoms with Crippen LogP contribution in [0.1, 0.15) is 30.0 Å². The molecule has 0 unspecified atom stereocenters. The number of oxime groups is 1. The summed E-state index contributed by atoms with van der Waals surface area (Å²) in [6.07, 6.45) is 2.24. The van der Waals surface area contributed by atoms with Crippen LogP contribution in [0.25, 0.3) is 0 Å². The molecule has 0 atom stereocenters. The van der Waals surface area contributed by atoms with Gasteiger partial charge in [0.15, 0.2) is 0 Å². The van der Waals surface area contributed by atoms with E-state index >= 15 is 0 Å². The molecule has 1 aromatic rings. The van der Waals surface area contributed by atoms with Crippen molar-refractivity contribution < 1.29 is 4.84 Å². The second-order valence-electron chi connectivity index (χ2n) is 3.42. The molecule has 0 bridgehead atoms. The van der Waals surface area contributed by atoms with Gasteiger partial charge in [-0.15, -0.1) is 5.16 Å². The summed E-state index contributed by atoms with van der Waals surface area (Å²) in [5.74, 6) is 0. The molecule has 0 heterocycles. The lowest BCUT2D eigenvalue weighted by molar-refractivity contribution is 0.132. The average Bonchev–Trinajstić information content (AvgIpc) is 2.18. The van der Waals surface area contributed by atoms with Gasteiger partial charge in [0.25, 0.3) is 0 Å². The second-order valence-corrected chi connectivity index (χ2v) is 3.42. The highest BCUT2D eigenvalue weighted by Crippen LogP contribution is 2.14. The van der Waals surface area contributed by atoms with Crippen LogP contribution >= 0.6 is 0 Å². The molecule has 76 valence electrons. The van der Waals surface area contributed by atoms with Gasteiger partial charge in [0.1, 0.15) is 6.61 Å². The fraction of sp³-hybridized carbons (Fsp3) is 0.417. The predicted octanol–water partition coefficient (Wildman–Crippen LogP) is 3.08. The summed E-state index contributed by atoms with van der Waals surface area (Å²) >= 11 is 0. The van der Waals surface area contributed by atoms with Crippen LogP contribution in [0.5, 0.6) is 0 Å². The molecule has 2 heteroatoms. The Bertz CT molecular complexity index is 307. The normalized spacial score (nSPS) is 9.86. The lowest BCUT2D eigenvalue weighted by atomic mass is 10.0. The van der Waals surface area contributed by atoms with E-state index in [1.54, 1.807) is 0 Å². The van der Waals surface area contributed by atoms with Gasteiger partial charge in [-0.1, -0.05) is 37.1 Å². The zero-order chi connectivity index (χ0) is 10.4. The molecule has 2 nitrogen and oxygen atoms in total. The third-order valence-corrected chi connectivity index (χ3v) is 2.19. The van der Waals surface area contributed by atoms with E-state index in [4.69, 9.17) is 4.84 Å². The molecule has 0 aliphatic carbocycles. The van der Waals surface area contributed by atoms with Gasteiger partial charge in [0.05, 0.1) is 0 Å². The number of rotatable bonds is 5. The lowest BCUT2D eigenvalue weighted by Gasteiger charge is -2.08. The van der Waals surface area contributed by atoms with E-state index in [9.17, 15) is 0 Å². The minimum atomic E-state index is 0.528. The van der Waals surface area contributed by atoms with Gasteiger partial charge >= 0.3 is 0 Å². The zero-order valence-electron chi connectivity index (χ0n) is 8.92. The van der Waals surface area contributed by atoms with E-state index in [2.05, 4.69) is 43.9 Å². The summed E-state index contributed by atoms with van der Waals surface area (Å²) in [5, 5.41) is 3.41. The van der Waals surface area contributed by atoms with E-state index in [-0.39, 0.29) is 0 Å². The second kappa shape index (κ2) is 5.43. The van der Waals surface area contributed by atoms with Crippen LogP contribution in [0, 0.1) is 6.92 Å². The number of benzene rings is 1. The van der Waals surface area contributed by atoms with Crippen LogP contribution in [0.3, 0.4) is 0 Å². The first kappa shape index (κ1) is 10.8. The molecule has 1 rings (SSSR count). The maximum Gasteiger partial charge on any atom is 0.142 e. The SMILES string of the molecule is C=NOCc1cc(C)ccc1CCC. The van der Waals surface area contributed by atoms with Crippen molar-refractivity contribution in [1.29, 1.82) is 0 Å². The third kappa shape index (κ3) is 2.87. The molecule has 0 spiro atoms. The molecule has 0 amide bonds. The Balaban J connectivity index is 2.84. The highest BCUT2D eigenvalue weighted by atomic mass is 16.6. The average molecular weight is 191 g/mol. The molecule has 0 N–H and O–H groups in total. The molecule has 0 saturated carbocycles. The minimum Gasteiger partial charge on any atom is -0.391 e. The quantitative estimate of drug-likeness (QED) is 0.517. The Labute approximate surface area is 85.6 Å². The molecule has 0 saturated heterocycles. The fourth-order valence-electron chi connectivity index (χ4n) is 1.52. The molecular weight excluding hydrogens is 174 g/mol. The number of nitrogens with zero attached hydrogens (tertiary/aromatic N) is 1. The van der Waals surface area contributed by atoms with Crippen LogP contribution in [0.4, 0.5) is 0 Å². The summed E-state index contributed by atoms with van der Waals surface area (Å²) in [6.45, 7) is 8.09. The van der Waals surface area contributed by atoms with Crippen LogP contribution in [-0.4, -0.2) is 6.72 Å². The molecule has 0 aromatic heterocycles. The largest absolute Gasteiger partial charge is 0.391 e. The Hall–Kier alpha value is -1.31. The van der Waals surface area contributed by atoms with Crippen molar-refractivity contribution in [2.45, 2.75) is 33.3 Å². The molecule has 1 aromatic carbocycles. The lowest BCUT2D eigenvalue weighted by Crippen LogP contribution is -1.96. The predicted molar refractivity (Wildman–Crippen MR) is 59.5 cm³/mol. The van der Waals surface area contributed by atoms with Crippen molar-refractivity contribution in [2.75, 3.05) is 0 Å². The summed E-state index contributed by atoms with van der Waals surface area (Å²) in [4.78, 5) is 4.98. The summed E-state index contributed by atoms with van der Waals surface area (Å²) < 4.78 is 0. The van der Waals surface area contributed by atoms with Crippen LogP contribution < -0.4 is 0 Å². The fourth-order valence-corrected chi connectivity index (χ4v) is 1.52. The Morgan fingerprint density at radius 2 is 2.14 bits per heavy atom. The first-order chi connectivity index (χ1) is 6.77. The molecule has 0 aliphatic heterocycles. The number of aryl methyl sites for hydroxylation is 2. The molecule has 14 heavy (non-hydrogen) atoms. The van der Waals surface area contributed by atoms with Gasteiger partial charge in [-0.2, -0.15) is 0 Å². The number of hydrogen-bond acceptors (Lipinski definition) is 2. The van der Waals surface area contributed by atoms with Crippen LogP contribution in [0.2, 0.25) is 0 Å². The monoisotopic (exact) mass is 191 g/mol. The van der Waals surface area contributed by atoms with E-state index in [1.807, 2.05) is 0 Å². The Morgan fingerprint density at radius 1 is 1.36 bits per heavy atom. The van der Waals surface area contributed by atoms with Crippen LogP contribution in [-0.2, 0) is 17.9 Å². The molecule has 0 aliphatic rings. The van der Waals surface area contributed by atoms with Crippen molar-refractivity contribution in [3.8, 4) is 0 Å². The maximum atomic E-state index is 4.98. The maximum absolute atomic E-state index is 4.98. The standard InChI is InChI=1S/C12H17NO/c1-4-5-11-7-6-10(2)8-12(11)9-14-13-3/h6-8H,3-5,9H2,1-2H3. The smallest absolute Gasteiger partial charge is 0.142 e. The van der Waals surface area contributed by atoms with Crippen molar-refractivity contribution in [1.82, 2.24) is 0 Å². The first-order valence-electron chi connectivity index (χ1n) is 4.94. The van der Waals surface area contributed by atoms with E-state index < -0.39 is 0 Å². The van der Waals surface area contributed by atoms with Crippen LogP contribution in [0.15, 0.2) is 23.4 Å². The summed E-state index contributed by atoms with van der Waals surface area (Å²) in [5.41, 5.74) is 3.83. The highest BCUT2D eigenvalue weighted by Gasteiger charge is 2.02. The first-order valence-corrected chi connectivity index (χ1v) is 4.94. The topological polar surface area (TPSA) is 21.6 Å². The number of hydrogen-bond donors (Lipinski definition) is 0. The van der Waals surface area contributed by atoms with Crippen molar-refractivity contribution in [3.05, 3.63) is 34.9 Å². The molecule has 0 radical (unpaired) electrons. The van der Waals surface area contributed by atoms with Gasteiger partial charge in [-0.3, -0.25) is 0 Å². The van der Waals surface area contributed by atoms with E-state index in [0.29, 0.717) is 6.61 Å². The summed E-state index contributed by atoms with van der Waals surface area (Å²) in [7, 11) is 0. The van der Waals surface area contributed by atoms with Gasteiger partial charge in [-0.25, -0.2) is 0 Å². The van der Waals surface area contributed by atoms with Gasteiger partial charge in [-0.05, 0) is 24.5 Å². The third-order valence-electron chi connectivity index (χ3n) is 2.19. The van der Waals surface area contributed by atoms with E-state index in [1.165, 1.54) is 16.7 Å². The van der Waals surface area contributed by atoms with Crippen molar-refractivity contribution in [3.63, 3.8) is 0 Å². The van der Waals surface area contributed by atoms with Gasteiger partial charge < -0.3 is 4.84 Å². The van der Waals surface area contributed by atoms with E-state index in [0.717, 1.165) is 12.8 Å². The van der Waals surface area contributed by atoms with Gasteiger partial charge in [0, 0.05) is 6.72 Å². The van der Waals surface area contributed by atoms with Crippen molar-refractivity contribution >= 4 is 6.72 Å². The Morgan fingerprint density at radius 3 is 2.79 bits per heavy atom. The zero-order valence-corrected chi connectivity index (χ0v) is 8.92. The molecular formula is C12H17NO. The molecule has 0 fully saturated rings. The summed E-state index contributed by atoms with van der Waals surface area (Å²) in [6, 6.07) is 6.45. The minimum absolute atomic E-state index is 0.528.